The van der Waals surface area contributed by atoms with E-state index >= 15 is 0 Å². The molecule has 1 spiro atoms. The zero-order chi connectivity index (χ0) is 15.7. The number of rotatable bonds is 3. The van der Waals surface area contributed by atoms with Crippen LogP contribution in [0.4, 0.5) is 5.69 Å². The number of fused-ring (bicyclic) bond motifs is 1. The molecule has 0 saturated heterocycles. The van der Waals surface area contributed by atoms with E-state index in [1.54, 1.807) is 0 Å². The third-order valence-corrected chi connectivity index (χ3v) is 5.69. The predicted octanol–water partition coefficient (Wildman–Crippen LogP) is 2.53. The van der Waals surface area contributed by atoms with Crippen molar-refractivity contribution in [1.29, 1.82) is 0 Å². The molecule has 0 radical (unpaired) electrons. The quantitative estimate of drug-likeness (QED) is 0.750. The van der Waals surface area contributed by atoms with E-state index in [2.05, 4.69) is 17.4 Å². The second-order valence-corrected chi connectivity index (χ2v) is 7.03. The Kier molecular flexibility index (Phi) is 4.13. The van der Waals surface area contributed by atoms with Gasteiger partial charge in [0.25, 0.3) is 0 Å². The number of nitrogens with two attached hydrogens (primary N) is 2. The van der Waals surface area contributed by atoms with Crippen molar-refractivity contribution in [2.24, 2.45) is 17.1 Å². The smallest absolute Gasteiger partial charge is 0.220 e. The lowest BCUT2D eigenvalue weighted by molar-refractivity contribution is -0.122. The summed E-state index contributed by atoms with van der Waals surface area (Å²) in [5.74, 6) is 0.775. The van der Waals surface area contributed by atoms with Crippen LogP contribution in [-0.4, -0.2) is 12.5 Å². The average molecular weight is 301 g/mol. The molecule has 0 heterocycles. The minimum absolute atomic E-state index is 0.134. The van der Waals surface area contributed by atoms with E-state index in [0.29, 0.717) is 12.3 Å². The van der Waals surface area contributed by atoms with Gasteiger partial charge in [-0.05, 0) is 73.2 Å². The number of hydrogen-bond donors (Lipinski definition) is 3. The van der Waals surface area contributed by atoms with E-state index in [9.17, 15) is 4.79 Å². The number of carbonyl (C=O) groups excluding carboxylic acids is 1. The van der Waals surface area contributed by atoms with Gasteiger partial charge < -0.3 is 16.8 Å². The van der Waals surface area contributed by atoms with Crippen LogP contribution in [0.15, 0.2) is 18.2 Å². The minimum atomic E-state index is 0.134. The molecule has 1 atom stereocenters. The van der Waals surface area contributed by atoms with E-state index < -0.39 is 0 Å². The molecule has 1 unspecified atom stereocenters. The Morgan fingerprint density at radius 3 is 2.73 bits per heavy atom. The highest BCUT2D eigenvalue weighted by atomic mass is 16.1. The number of anilines is 1. The second-order valence-electron chi connectivity index (χ2n) is 7.03. The summed E-state index contributed by atoms with van der Waals surface area (Å²) in [6.07, 6.45) is 6.16. The first kappa shape index (κ1) is 15.3. The Morgan fingerprint density at radius 1 is 1.36 bits per heavy atom. The lowest BCUT2D eigenvalue weighted by Gasteiger charge is -2.42. The summed E-state index contributed by atoms with van der Waals surface area (Å²) >= 11 is 0. The maximum absolute atomic E-state index is 12.0. The fourth-order valence-corrected chi connectivity index (χ4v) is 4.32. The van der Waals surface area contributed by atoms with Gasteiger partial charge in [0.05, 0.1) is 6.04 Å². The molecule has 2 aliphatic rings. The van der Waals surface area contributed by atoms with Gasteiger partial charge in [-0.25, -0.2) is 0 Å². The molecule has 5 N–H and O–H groups in total. The highest BCUT2D eigenvalue weighted by Crippen LogP contribution is 2.55. The second kappa shape index (κ2) is 5.92. The Bertz CT molecular complexity index is 561. The van der Waals surface area contributed by atoms with Crippen LogP contribution in [0.5, 0.6) is 0 Å². The Morgan fingerprint density at radius 2 is 2.09 bits per heavy atom. The highest BCUT2D eigenvalue weighted by Gasteiger charge is 2.48. The molecule has 1 saturated carbocycles. The standard InChI is InChI=1S/C18H27N3O/c1-2-16(22)21-17-15-4-3-14(20)9-13(15)10-18(17)7-5-12(11-19)6-8-18/h3-4,9,12,17H,2,5-8,10-11,19-20H2,1H3,(H,21,22). The van der Waals surface area contributed by atoms with Gasteiger partial charge in [-0.15, -0.1) is 0 Å². The third-order valence-electron chi connectivity index (χ3n) is 5.69. The van der Waals surface area contributed by atoms with Gasteiger partial charge in [-0.1, -0.05) is 13.0 Å². The maximum Gasteiger partial charge on any atom is 0.220 e. The first-order valence-electron chi connectivity index (χ1n) is 8.45. The van der Waals surface area contributed by atoms with Crippen LogP contribution in [0.25, 0.3) is 0 Å². The molecule has 2 aliphatic carbocycles. The van der Waals surface area contributed by atoms with Crippen molar-refractivity contribution in [2.75, 3.05) is 12.3 Å². The molecule has 22 heavy (non-hydrogen) atoms. The molecule has 0 bridgehead atoms. The minimum Gasteiger partial charge on any atom is -0.399 e. The molecular weight excluding hydrogens is 274 g/mol. The van der Waals surface area contributed by atoms with Crippen LogP contribution in [0.3, 0.4) is 0 Å². The predicted molar refractivity (Wildman–Crippen MR) is 89.2 cm³/mol. The lowest BCUT2D eigenvalue weighted by Crippen LogP contribution is -2.41. The molecule has 0 aromatic heterocycles. The zero-order valence-electron chi connectivity index (χ0n) is 13.4. The van der Waals surface area contributed by atoms with Crippen molar-refractivity contribution in [3.8, 4) is 0 Å². The van der Waals surface area contributed by atoms with Crippen molar-refractivity contribution in [3.05, 3.63) is 29.3 Å². The lowest BCUT2D eigenvalue weighted by atomic mass is 9.66. The van der Waals surface area contributed by atoms with Crippen LogP contribution >= 0.6 is 0 Å². The molecule has 4 heteroatoms. The van der Waals surface area contributed by atoms with Gasteiger partial charge in [0.2, 0.25) is 5.91 Å². The van der Waals surface area contributed by atoms with Gasteiger partial charge in [0.15, 0.2) is 0 Å². The van der Waals surface area contributed by atoms with Gasteiger partial charge >= 0.3 is 0 Å². The summed E-state index contributed by atoms with van der Waals surface area (Å²) < 4.78 is 0. The Hall–Kier alpha value is -1.55. The number of carbonyl (C=O) groups is 1. The van der Waals surface area contributed by atoms with E-state index in [4.69, 9.17) is 11.5 Å². The molecule has 1 fully saturated rings. The van der Waals surface area contributed by atoms with Crippen LogP contribution in [0.1, 0.15) is 56.2 Å². The normalized spacial score (nSPS) is 30.3. The van der Waals surface area contributed by atoms with Gasteiger partial charge in [0, 0.05) is 12.1 Å². The maximum atomic E-state index is 12.0. The summed E-state index contributed by atoms with van der Waals surface area (Å²) in [5, 5.41) is 3.29. The van der Waals surface area contributed by atoms with Crippen molar-refractivity contribution in [1.82, 2.24) is 5.32 Å². The summed E-state index contributed by atoms with van der Waals surface area (Å²) in [7, 11) is 0. The van der Waals surface area contributed by atoms with Gasteiger partial charge in [-0.2, -0.15) is 0 Å². The van der Waals surface area contributed by atoms with Gasteiger partial charge in [0.1, 0.15) is 0 Å². The average Bonchev–Trinajstić information content (AvgIpc) is 2.80. The van der Waals surface area contributed by atoms with Crippen LogP contribution in [0.2, 0.25) is 0 Å². The Labute approximate surface area is 132 Å². The first-order chi connectivity index (χ1) is 10.6. The molecule has 0 aliphatic heterocycles. The molecule has 1 amide bonds. The SMILES string of the molecule is CCC(=O)NC1c2ccc(N)cc2CC12CCC(CN)CC2. The molecule has 4 nitrogen and oxygen atoms in total. The van der Waals surface area contributed by atoms with Crippen LogP contribution < -0.4 is 16.8 Å². The van der Waals surface area contributed by atoms with Crippen molar-refractivity contribution >= 4 is 11.6 Å². The van der Waals surface area contributed by atoms with E-state index in [1.165, 1.54) is 24.0 Å². The third kappa shape index (κ3) is 2.60. The van der Waals surface area contributed by atoms with Crippen molar-refractivity contribution in [3.63, 3.8) is 0 Å². The molecule has 1 aromatic rings. The number of amides is 1. The molecule has 1 aromatic carbocycles. The summed E-state index contributed by atoms with van der Waals surface area (Å²) in [5.41, 5.74) is 15.4. The fourth-order valence-electron chi connectivity index (χ4n) is 4.32. The van der Waals surface area contributed by atoms with Crippen LogP contribution in [-0.2, 0) is 11.2 Å². The zero-order valence-corrected chi connectivity index (χ0v) is 13.4. The number of hydrogen-bond acceptors (Lipinski definition) is 3. The first-order valence-corrected chi connectivity index (χ1v) is 8.45. The van der Waals surface area contributed by atoms with E-state index in [0.717, 1.165) is 31.5 Å². The monoisotopic (exact) mass is 301 g/mol. The fraction of sp³-hybridized carbons (Fsp3) is 0.611. The van der Waals surface area contributed by atoms with E-state index in [-0.39, 0.29) is 17.4 Å². The Balaban J connectivity index is 1.91. The topological polar surface area (TPSA) is 81.1 Å². The number of benzene rings is 1. The summed E-state index contributed by atoms with van der Waals surface area (Å²) in [6, 6.07) is 6.28. The summed E-state index contributed by atoms with van der Waals surface area (Å²) in [4.78, 5) is 12.0. The molecular formula is C18H27N3O. The number of nitrogens with one attached hydrogen (secondary N) is 1. The van der Waals surface area contributed by atoms with Crippen molar-refractivity contribution < 1.29 is 4.79 Å². The van der Waals surface area contributed by atoms with Crippen molar-refractivity contribution in [2.45, 2.75) is 51.5 Å². The largest absolute Gasteiger partial charge is 0.399 e. The highest BCUT2D eigenvalue weighted by molar-refractivity contribution is 5.76. The molecule has 3 rings (SSSR count). The van der Waals surface area contributed by atoms with E-state index in [1.807, 2.05) is 13.0 Å². The number of nitrogen functional groups attached to an aromatic ring is 1. The van der Waals surface area contributed by atoms with Crippen LogP contribution in [0, 0.1) is 11.3 Å². The van der Waals surface area contributed by atoms with Gasteiger partial charge in [-0.3, -0.25) is 4.79 Å². The summed E-state index contributed by atoms with van der Waals surface area (Å²) in [6.45, 7) is 2.69. The molecule has 120 valence electrons.